The molecule has 3 heteroatoms. The Morgan fingerprint density at radius 1 is 1.29 bits per heavy atom. The van der Waals surface area contributed by atoms with Gasteiger partial charge in [-0.05, 0) is 38.3 Å². The van der Waals surface area contributed by atoms with E-state index in [1.54, 1.807) is 0 Å². The number of hydrogen-bond acceptors (Lipinski definition) is 2. The molecule has 0 unspecified atom stereocenters. The molecule has 2 aromatic rings. The van der Waals surface area contributed by atoms with Gasteiger partial charge >= 0.3 is 0 Å². The van der Waals surface area contributed by atoms with Crippen molar-refractivity contribution in [3.63, 3.8) is 0 Å². The topological polar surface area (TPSA) is 43.8 Å². The summed E-state index contributed by atoms with van der Waals surface area (Å²) in [5.74, 6) is 0.625. The second kappa shape index (κ2) is 4.06. The highest BCUT2D eigenvalue weighted by molar-refractivity contribution is 5.81. The molecule has 0 radical (unpaired) electrons. The first-order valence-electron chi connectivity index (χ1n) is 6.27. The van der Waals surface area contributed by atoms with Gasteiger partial charge in [-0.2, -0.15) is 0 Å². The number of nitrogens with zero attached hydrogens (tertiary/aromatic N) is 2. The lowest BCUT2D eigenvalue weighted by molar-refractivity contribution is 0.307. The molecule has 92 valence electrons. The van der Waals surface area contributed by atoms with Crippen molar-refractivity contribution in [1.82, 2.24) is 9.55 Å². The maximum atomic E-state index is 6.11. The van der Waals surface area contributed by atoms with Gasteiger partial charge in [-0.25, -0.2) is 4.98 Å². The smallest absolute Gasteiger partial charge is 0.201 e. The molecule has 0 aliphatic rings. The summed E-state index contributed by atoms with van der Waals surface area (Å²) in [5.41, 5.74) is 9.52. The zero-order valence-electron chi connectivity index (χ0n) is 11.1. The average molecular weight is 231 g/mol. The van der Waals surface area contributed by atoms with Crippen LogP contribution in [-0.2, 0) is 5.54 Å². The maximum absolute atomic E-state index is 6.11. The fourth-order valence-electron chi connectivity index (χ4n) is 2.39. The van der Waals surface area contributed by atoms with Gasteiger partial charge in [0, 0.05) is 5.54 Å². The number of imidazole rings is 1. The SMILES string of the molecule is CCC(C)(CC)n1c(N)nc2c(C)cccc21. The summed E-state index contributed by atoms with van der Waals surface area (Å²) < 4.78 is 2.19. The van der Waals surface area contributed by atoms with Crippen molar-refractivity contribution in [3.8, 4) is 0 Å². The summed E-state index contributed by atoms with van der Waals surface area (Å²) in [6.07, 6.45) is 2.10. The summed E-state index contributed by atoms with van der Waals surface area (Å²) in [7, 11) is 0. The van der Waals surface area contributed by atoms with Gasteiger partial charge in [0.1, 0.15) is 0 Å². The van der Waals surface area contributed by atoms with E-state index in [0.29, 0.717) is 5.95 Å². The van der Waals surface area contributed by atoms with Gasteiger partial charge in [-0.3, -0.25) is 0 Å². The third kappa shape index (κ3) is 1.70. The van der Waals surface area contributed by atoms with E-state index in [1.165, 1.54) is 5.56 Å². The summed E-state index contributed by atoms with van der Waals surface area (Å²) in [5, 5.41) is 0. The number of hydrogen-bond donors (Lipinski definition) is 1. The Hall–Kier alpha value is -1.51. The molecule has 2 N–H and O–H groups in total. The van der Waals surface area contributed by atoms with Crippen molar-refractivity contribution in [2.45, 2.75) is 46.1 Å². The second-order valence-corrected chi connectivity index (χ2v) is 4.95. The summed E-state index contributed by atoms with van der Waals surface area (Å²) in [4.78, 5) is 4.52. The lowest BCUT2D eigenvalue weighted by Crippen LogP contribution is -2.29. The van der Waals surface area contributed by atoms with Crippen LogP contribution in [0.4, 0.5) is 5.95 Å². The molecule has 0 aliphatic carbocycles. The molecule has 1 aromatic heterocycles. The molecule has 0 saturated heterocycles. The van der Waals surface area contributed by atoms with Crippen molar-refractivity contribution in [2.24, 2.45) is 0 Å². The number of aromatic nitrogens is 2. The minimum Gasteiger partial charge on any atom is -0.369 e. The van der Waals surface area contributed by atoms with Crippen molar-refractivity contribution in [3.05, 3.63) is 23.8 Å². The van der Waals surface area contributed by atoms with Crippen LogP contribution in [0, 0.1) is 6.92 Å². The van der Waals surface area contributed by atoms with E-state index in [9.17, 15) is 0 Å². The highest BCUT2D eigenvalue weighted by Gasteiger charge is 2.26. The van der Waals surface area contributed by atoms with E-state index in [1.807, 2.05) is 0 Å². The maximum Gasteiger partial charge on any atom is 0.201 e. The number of anilines is 1. The molecule has 0 bridgehead atoms. The van der Waals surface area contributed by atoms with Crippen LogP contribution in [-0.4, -0.2) is 9.55 Å². The quantitative estimate of drug-likeness (QED) is 0.879. The van der Waals surface area contributed by atoms with Crippen LogP contribution in [0.15, 0.2) is 18.2 Å². The van der Waals surface area contributed by atoms with Crippen molar-refractivity contribution in [1.29, 1.82) is 0 Å². The third-order valence-corrected chi connectivity index (χ3v) is 3.98. The molecule has 0 spiro atoms. The normalized spacial score (nSPS) is 12.2. The molecule has 0 atom stereocenters. The van der Waals surface area contributed by atoms with Gasteiger partial charge in [0.2, 0.25) is 5.95 Å². The van der Waals surface area contributed by atoms with Crippen LogP contribution in [0.5, 0.6) is 0 Å². The largest absolute Gasteiger partial charge is 0.369 e. The summed E-state index contributed by atoms with van der Waals surface area (Å²) in [6, 6.07) is 6.25. The highest BCUT2D eigenvalue weighted by Crippen LogP contribution is 2.32. The fraction of sp³-hybridized carbons (Fsp3) is 0.500. The molecule has 2 rings (SSSR count). The van der Waals surface area contributed by atoms with Crippen LogP contribution < -0.4 is 5.73 Å². The van der Waals surface area contributed by atoms with E-state index in [2.05, 4.69) is 55.4 Å². The molecule has 0 amide bonds. The Morgan fingerprint density at radius 2 is 1.94 bits per heavy atom. The number of rotatable bonds is 3. The summed E-state index contributed by atoms with van der Waals surface area (Å²) in [6.45, 7) is 8.72. The van der Waals surface area contributed by atoms with Crippen LogP contribution in [0.3, 0.4) is 0 Å². The second-order valence-electron chi connectivity index (χ2n) is 4.95. The lowest BCUT2D eigenvalue weighted by Gasteiger charge is -2.30. The molecule has 0 fully saturated rings. The number of fused-ring (bicyclic) bond motifs is 1. The Labute approximate surface area is 103 Å². The van der Waals surface area contributed by atoms with Crippen LogP contribution in [0.2, 0.25) is 0 Å². The van der Waals surface area contributed by atoms with Crippen LogP contribution in [0.25, 0.3) is 11.0 Å². The number of aryl methyl sites for hydroxylation is 1. The van der Waals surface area contributed by atoms with Gasteiger partial charge in [0.05, 0.1) is 11.0 Å². The first kappa shape index (κ1) is 12.0. The Morgan fingerprint density at radius 3 is 2.53 bits per heavy atom. The van der Waals surface area contributed by atoms with Crippen molar-refractivity contribution in [2.75, 3.05) is 5.73 Å². The number of nitrogens with two attached hydrogens (primary N) is 1. The van der Waals surface area contributed by atoms with Gasteiger partial charge in [0.25, 0.3) is 0 Å². The fourth-order valence-corrected chi connectivity index (χ4v) is 2.39. The number of benzene rings is 1. The monoisotopic (exact) mass is 231 g/mol. The zero-order valence-corrected chi connectivity index (χ0v) is 11.1. The lowest BCUT2D eigenvalue weighted by atomic mass is 9.95. The minimum atomic E-state index is 0.0482. The average Bonchev–Trinajstić information content (AvgIpc) is 2.67. The molecule has 1 aromatic carbocycles. The van der Waals surface area contributed by atoms with Crippen molar-refractivity contribution < 1.29 is 0 Å². The Balaban J connectivity index is 2.77. The first-order valence-corrected chi connectivity index (χ1v) is 6.27. The van der Waals surface area contributed by atoms with Gasteiger partial charge < -0.3 is 10.3 Å². The molecule has 1 heterocycles. The van der Waals surface area contributed by atoms with Gasteiger partial charge in [-0.15, -0.1) is 0 Å². The third-order valence-electron chi connectivity index (χ3n) is 3.98. The van der Waals surface area contributed by atoms with Crippen molar-refractivity contribution >= 4 is 17.0 Å². The Kier molecular flexibility index (Phi) is 2.86. The molecule has 17 heavy (non-hydrogen) atoms. The predicted molar refractivity (Wildman–Crippen MR) is 73.1 cm³/mol. The predicted octanol–water partition coefficient (Wildman–Crippen LogP) is 3.46. The van der Waals surface area contributed by atoms with Gasteiger partial charge in [-0.1, -0.05) is 26.0 Å². The molecular formula is C14H21N3. The highest BCUT2D eigenvalue weighted by atomic mass is 15.2. The molecule has 0 saturated carbocycles. The van der Waals surface area contributed by atoms with E-state index in [-0.39, 0.29) is 5.54 Å². The van der Waals surface area contributed by atoms with Crippen LogP contribution >= 0.6 is 0 Å². The molecule has 0 aliphatic heterocycles. The number of para-hydroxylation sites is 1. The minimum absolute atomic E-state index is 0.0482. The first-order chi connectivity index (χ1) is 8.03. The molecule has 3 nitrogen and oxygen atoms in total. The van der Waals surface area contributed by atoms with Gasteiger partial charge in [0.15, 0.2) is 0 Å². The Bertz CT molecular complexity index is 536. The standard InChI is InChI=1S/C14H21N3/c1-5-14(4,6-2)17-11-9-7-8-10(3)12(11)16-13(17)15/h7-9H,5-6H2,1-4H3,(H2,15,16). The molecular weight excluding hydrogens is 210 g/mol. The van der Waals surface area contributed by atoms with E-state index in [0.717, 1.165) is 23.9 Å². The summed E-state index contributed by atoms with van der Waals surface area (Å²) >= 11 is 0. The van der Waals surface area contributed by atoms with E-state index >= 15 is 0 Å². The zero-order chi connectivity index (χ0) is 12.6. The number of nitrogen functional groups attached to an aromatic ring is 1. The van der Waals surface area contributed by atoms with E-state index < -0.39 is 0 Å². The van der Waals surface area contributed by atoms with E-state index in [4.69, 9.17) is 5.73 Å². The van der Waals surface area contributed by atoms with Crippen LogP contribution in [0.1, 0.15) is 39.2 Å².